The Morgan fingerprint density at radius 2 is 1.62 bits per heavy atom. The van der Waals surface area contributed by atoms with E-state index in [9.17, 15) is 4.79 Å². The molecule has 1 heterocycles. The van der Waals surface area contributed by atoms with Gasteiger partial charge in [0.25, 0.3) is 0 Å². The average Bonchev–Trinajstić information content (AvgIpc) is 2.66. The average molecular weight is 405 g/mol. The molecule has 3 aliphatic rings. The Hall–Kier alpha value is -0.570. The molecule has 3 rings (SSSR count). The number of rotatable bonds is 3. The van der Waals surface area contributed by atoms with E-state index in [1.807, 2.05) is 0 Å². The van der Waals surface area contributed by atoms with Gasteiger partial charge in [0.05, 0.1) is 5.92 Å². The maximum absolute atomic E-state index is 13.2. The molecule has 1 saturated heterocycles. The number of nitrogens with one attached hydrogen (secondary N) is 2. The second kappa shape index (κ2) is 10.6. The van der Waals surface area contributed by atoms with E-state index >= 15 is 0 Å². The van der Waals surface area contributed by atoms with Crippen LogP contribution in [0.15, 0.2) is 0 Å². The molecule has 0 bridgehead atoms. The second-order valence-corrected chi connectivity index (χ2v) is 12.0. The molecule has 0 aromatic rings. The first-order valence-electron chi connectivity index (χ1n) is 12.9. The number of carbonyl (C=O) groups is 1. The van der Waals surface area contributed by atoms with E-state index in [0.29, 0.717) is 22.8 Å². The summed E-state index contributed by atoms with van der Waals surface area (Å²) in [5.74, 6) is 1.30. The lowest BCUT2D eigenvalue weighted by molar-refractivity contribution is -0.128. The standard InChI is InChI=1S/C26H48N2O/c1-25(2,3)17-21-12-11-13-23(16-21)28-24(29)22-18-26(20-27-19-22)14-9-7-5-4-6-8-10-15-26/h21-23,27H,4-20H2,1-3H3,(H,28,29). The molecule has 1 spiro atoms. The van der Waals surface area contributed by atoms with Gasteiger partial charge in [-0.05, 0) is 55.3 Å². The van der Waals surface area contributed by atoms with E-state index in [1.165, 1.54) is 89.9 Å². The molecule has 2 N–H and O–H groups in total. The molecule has 0 aromatic carbocycles. The molecule has 3 atom stereocenters. The van der Waals surface area contributed by atoms with E-state index in [1.54, 1.807) is 0 Å². The number of amides is 1. The summed E-state index contributed by atoms with van der Waals surface area (Å²) < 4.78 is 0. The highest BCUT2D eigenvalue weighted by Crippen LogP contribution is 2.41. The summed E-state index contributed by atoms with van der Waals surface area (Å²) in [6, 6.07) is 0.408. The number of piperidine rings is 1. The Bertz CT molecular complexity index is 499. The molecule has 3 heteroatoms. The number of hydrogen-bond donors (Lipinski definition) is 2. The molecule has 3 fully saturated rings. The topological polar surface area (TPSA) is 41.1 Å². The van der Waals surface area contributed by atoms with Crippen LogP contribution in [0, 0.1) is 22.7 Å². The van der Waals surface area contributed by atoms with Crippen LogP contribution in [-0.4, -0.2) is 25.0 Å². The van der Waals surface area contributed by atoms with Gasteiger partial charge in [0.2, 0.25) is 5.91 Å². The van der Waals surface area contributed by atoms with Gasteiger partial charge in [-0.2, -0.15) is 0 Å². The molecule has 2 aliphatic carbocycles. The summed E-state index contributed by atoms with van der Waals surface area (Å²) >= 11 is 0. The van der Waals surface area contributed by atoms with Gasteiger partial charge in [0.1, 0.15) is 0 Å². The molecule has 1 aliphatic heterocycles. The van der Waals surface area contributed by atoms with E-state index in [2.05, 4.69) is 31.4 Å². The van der Waals surface area contributed by atoms with Crippen molar-refractivity contribution in [3.05, 3.63) is 0 Å². The van der Waals surface area contributed by atoms with E-state index in [4.69, 9.17) is 0 Å². The van der Waals surface area contributed by atoms with Gasteiger partial charge in [0, 0.05) is 19.1 Å². The number of hydrogen-bond acceptors (Lipinski definition) is 2. The third-order valence-corrected chi connectivity index (χ3v) is 7.89. The molecule has 3 nitrogen and oxygen atoms in total. The van der Waals surface area contributed by atoms with Gasteiger partial charge in [-0.25, -0.2) is 0 Å². The quantitative estimate of drug-likeness (QED) is 0.586. The van der Waals surface area contributed by atoms with Crippen LogP contribution in [0.25, 0.3) is 0 Å². The molecule has 3 unspecified atom stereocenters. The zero-order chi connectivity index (χ0) is 20.7. The zero-order valence-corrected chi connectivity index (χ0v) is 19.7. The van der Waals surface area contributed by atoms with Crippen molar-refractivity contribution in [1.82, 2.24) is 10.6 Å². The molecule has 2 saturated carbocycles. The van der Waals surface area contributed by atoms with Gasteiger partial charge in [-0.15, -0.1) is 0 Å². The zero-order valence-electron chi connectivity index (χ0n) is 19.7. The summed E-state index contributed by atoms with van der Waals surface area (Å²) in [7, 11) is 0. The van der Waals surface area contributed by atoms with Crippen LogP contribution in [0.5, 0.6) is 0 Å². The Kier molecular flexibility index (Phi) is 8.48. The second-order valence-electron chi connectivity index (χ2n) is 12.0. The van der Waals surface area contributed by atoms with Crippen LogP contribution >= 0.6 is 0 Å². The third-order valence-electron chi connectivity index (χ3n) is 7.89. The van der Waals surface area contributed by atoms with Crippen LogP contribution < -0.4 is 10.6 Å². The molecule has 29 heavy (non-hydrogen) atoms. The van der Waals surface area contributed by atoms with Crippen molar-refractivity contribution < 1.29 is 4.79 Å². The summed E-state index contributed by atoms with van der Waals surface area (Å²) in [6.07, 6.45) is 19.7. The van der Waals surface area contributed by atoms with Crippen LogP contribution in [0.2, 0.25) is 0 Å². The third kappa shape index (κ3) is 7.56. The maximum Gasteiger partial charge on any atom is 0.224 e. The monoisotopic (exact) mass is 404 g/mol. The molecule has 1 amide bonds. The Morgan fingerprint density at radius 1 is 0.966 bits per heavy atom. The van der Waals surface area contributed by atoms with E-state index in [0.717, 1.165) is 25.4 Å². The smallest absolute Gasteiger partial charge is 0.224 e. The first kappa shape index (κ1) is 23.1. The highest BCUT2D eigenvalue weighted by atomic mass is 16.2. The lowest BCUT2D eigenvalue weighted by atomic mass is 9.69. The normalized spacial score (nSPS) is 31.9. The van der Waals surface area contributed by atoms with Crippen molar-refractivity contribution in [1.29, 1.82) is 0 Å². The minimum absolute atomic E-state index is 0.176. The van der Waals surface area contributed by atoms with Crippen molar-refractivity contribution in [2.45, 2.75) is 123 Å². The summed E-state index contributed by atoms with van der Waals surface area (Å²) in [5, 5.41) is 7.17. The van der Waals surface area contributed by atoms with Crippen molar-refractivity contribution >= 4 is 5.91 Å². The minimum atomic E-state index is 0.176. The summed E-state index contributed by atoms with van der Waals surface area (Å²) in [4.78, 5) is 13.2. The van der Waals surface area contributed by atoms with Crippen molar-refractivity contribution in [3.63, 3.8) is 0 Å². The van der Waals surface area contributed by atoms with Crippen LogP contribution in [0.4, 0.5) is 0 Å². The lowest BCUT2D eigenvalue weighted by Gasteiger charge is -2.42. The maximum atomic E-state index is 13.2. The molecule has 0 aromatic heterocycles. The lowest BCUT2D eigenvalue weighted by Crippen LogP contribution is -2.51. The first-order valence-corrected chi connectivity index (χ1v) is 12.9. The van der Waals surface area contributed by atoms with Gasteiger partial charge >= 0.3 is 0 Å². The highest BCUT2D eigenvalue weighted by Gasteiger charge is 2.39. The fourth-order valence-electron chi connectivity index (χ4n) is 6.55. The van der Waals surface area contributed by atoms with Gasteiger partial charge in [-0.1, -0.05) is 78.6 Å². The molecule has 168 valence electrons. The van der Waals surface area contributed by atoms with Gasteiger partial charge in [-0.3, -0.25) is 4.79 Å². The summed E-state index contributed by atoms with van der Waals surface area (Å²) in [6.45, 7) is 9.06. The SMILES string of the molecule is CC(C)(C)CC1CCCC(NC(=O)C2CNCC3(CCCCCCCCC3)C2)C1. The fourth-order valence-corrected chi connectivity index (χ4v) is 6.55. The largest absolute Gasteiger partial charge is 0.353 e. The van der Waals surface area contributed by atoms with Crippen molar-refractivity contribution in [2.75, 3.05) is 13.1 Å². The van der Waals surface area contributed by atoms with Crippen LogP contribution in [0.3, 0.4) is 0 Å². The highest BCUT2D eigenvalue weighted by molar-refractivity contribution is 5.79. The van der Waals surface area contributed by atoms with Gasteiger partial charge in [0.15, 0.2) is 0 Å². The Morgan fingerprint density at radius 3 is 2.28 bits per heavy atom. The molecule has 0 radical (unpaired) electrons. The predicted molar refractivity (Wildman–Crippen MR) is 123 cm³/mol. The summed E-state index contributed by atoms with van der Waals surface area (Å²) in [5.41, 5.74) is 0.769. The minimum Gasteiger partial charge on any atom is -0.353 e. The van der Waals surface area contributed by atoms with Crippen LogP contribution in [0.1, 0.15) is 117 Å². The molecular formula is C26H48N2O. The van der Waals surface area contributed by atoms with Crippen LogP contribution in [-0.2, 0) is 4.79 Å². The Balaban J connectivity index is 1.53. The number of carbonyl (C=O) groups excluding carboxylic acids is 1. The Labute approximate surface area is 180 Å². The van der Waals surface area contributed by atoms with Crippen molar-refractivity contribution in [3.8, 4) is 0 Å². The van der Waals surface area contributed by atoms with E-state index in [-0.39, 0.29) is 5.92 Å². The fraction of sp³-hybridized carbons (Fsp3) is 0.962. The molecular weight excluding hydrogens is 356 g/mol. The predicted octanol–water partition coefficient (Wildman–Crippen LogP) is 6.22. The first-order chi connectivity index (χ1) is 13.9. The van der Waals surface area contributed by atoms with E-state index < -0.39 is 0 Å². The van der Waals surface area contributed by atoms with Crippen molar-refractivity contribution in [2.24, 2.45) is 22.7 Å². The van der Waals surface area contributed by atoms with Gasteiger partial charge < -0.3 is 10.6 Å².